The highest BCUT2D eigenvalue weighted by Gasteiger charge is 2.51. The number of allylic oxidation sites excluding steroid dienone is 2. The number of phenols is 1. The molecule has 0 spiro atoms. The first-order valence-electron chi connectivity index (χ1n) is 12.2. The van der Waals surface area contributed by atoms with Crippen LogP contribution in [0.5, 0.6) is 5.75 Å². The molecule has 9 nitrogen and oxygen atoms in total. The third kappa shape index (κ3) is 4.36. The predicted octanol–water partition coefficient (Wildman–Crippen LogP) is 3.78. The molecule has 3 unspecified atom stereocenters. The minimum absolute atomic E-state index is 0.0484. The highest BCUT2D eigenvalue weighted by atomic mass is 127. The van der Waals surface area contributed by atoms with Crippen molar-refractivity contribution < 1.29 is 34.5 Å². The van der Waals surface area contributed by atoms with Crippen LogP contribution < -0.4 is 8.85 Å². The molecule has 5 N–H and O–H groups in total. The van der Waals surface area contributed by atoms with Crippen LogP contribution in [0.4, 0.5) is 5.69 Å². The van der Waals surface area contributed by atoms with E-state index in [-0.39, 0.29) is 42.1 Å². The standard InChI is InChI=1S/C28H25IN2O7/c1-12-2-4-13(5-3-12)8-20(34)30-17-6-7-18(32)23-16(17)10-14-9-15-11-19(33)24(28(38)31-29)27(37)22(15)25(35)21(14)26(23)36/h2-7,14-15,22,32,36-37H,8-11H2,1H3,(H,30,34)(H,31,38). The van der Waals surface area contributed by atoms with E-state index in [0.29, 0.717) is 17.7 Å². The first-order valence-corrected chi connectivity index (χ1v) is 13.2. The van der Waals surface area contributed by atoms with E-state index in [9.17, 15) is 34.5 Å². The van der Waals surface area contributed by atoms with E-state index in [0.717, 1.165) is 11.1 Å². The Kier molecular flexibility index (Phi) is 6.76. The molecule has 0 radical (unpaired) electrons. The molecule has 2 amide bonds. The second-order valence-corrected chi connectivity index (χ2v) is 10.5. The number of aliphatic hydroxyl groups is 2. The number of rotatable bonds is 4. The number of phenolic OH excluding ortho intramolecular Hbond substituents is 1. The third-order valence-electron chi connectivity index (χ3n) is 7.60. The van der Waals surface area contributed by atoms with E-state index in [1.807, 2.05) is 31.2 Å². The van der Waals surface area contributed by atoms with Crippen LogP contribution >= 0.6 is 22.9 Å². The summed E-state index contributed by atoms with van der Waals surface area (Å²) in [5.41, 5.74) is 2.48. The lowest BCUT2D eigenvalue weighted by molar-refractivity contribution is -0.128. The fraction of sp³-hybridized carbons (Fsp3) is 0.286. The van der Waals surface area contributed by atoms with Crippen molar-refractivity contribution in [3.63, 3.8) is 0 Å². The average Bonchev–Trinajstić information content (AvgIpc) is 2.86. The van der Waals surface area contributed by atoms with Gasteiger partial charge < -0.3 is 20.6 Å². The fourth-order valence-electron chi connectivity index (χ4n) is 5.87. The van der Waals surface area contributed by atoms with Crippen molar-refractivity contribution in [2.24, 2.45) is 17.8 Å². The van der Waals surface area contributed by atoms with E-state index in [4.69, 9.17) is 0 Å². The monoisotopic (exact) mass is 628 g/mol. The molecule has 0 aliphatic heterocycles. The zero-order valence-corrected chi connectivity index (χ0v) is 22.5. The summed E-state index contributed by atoms with van der Waals surface area (Å²) in [6.45, 7) is 1.96. The van der Waals surface area contributed by atoms with Gasteiger partial charge >= 0.3 is 0 Å². The average molecular weight is 628 g/mol. The number of carbonyl (C=O) groups is 4. The van der Waals surface area contributed by atoms with E-state index >= 15 is 0 Å². The number of hydrogen-bond acceptors (Lipinski definition) is 7. The van der Waals surface area contributed by atoms with Gasteiger partial charge in [0.2, 0.25) is 5.91 Å². The normalized spacial score (nSPS) is 22.4. The lowest BCUT2D eigenvalue weighted by Gasteiger charge is -2.41. The van der Waals surface area contributed by atoms with Crippen LogP contribution in [0.3, 0.4) is 0 Å². The van der Waals surface area contributed by atoms with Crippen LogP contribution in [0, 0.1) is 24.7 Å². The smallest absolute Gasteiger partial charge is 0.266 e. The van der Waals surface area contributed by atoms with E-state index in [2.05, 4.69) is 8.85 Å². The van der Waals surface area contributed by atoms with Crippen molar-refractivity contribution in [1.82, 2.24) is 3.53 Å². The van der Waals surface area contributed by atoms with Crippen LogP contribution in [0.1, 0.15) is 35.1 Å². The number of aliphatic hydroxyl groups excluding tert-OH is 2. The molecule has 0 saturated heterocycles. The summed E-state index contributed by atoms with van der Waals surface area (Å²) < 4.78 is 2.28. The van der Waals surface area contributed by atoms with E-state index in [1.54, 1.807) is 28.9 Å². The molecule has 0 heterocycles. The van der Waals surface area contributed by atoms with Gasteiger partial charge in [-0.3, -0.25) is 22.7 Å². The Balaban J connectivity index is 1.50. The topological polar surface area (TPSA) is 153 Å². The largest absolute Gasteiger partial charge is 0.511 e. The number of carbonyl (C=O) groups excluding carboxylic acids is 4. The van der Waals surface area contributed by atoms with E-state index < -0.39 is 52.3 Å². The van der Waals surface area contributed by atoms with Gasteiger partial charge in [-0.2, -0.15) is 0 Å². The van der Waals surface area contributed by atoms with Crippen LogP contribution in [0.15, 0.2) is 53.3 Å². The van der Waals surface area contributed by atoms with Crippen molar-refractivity contribution in [2.75, 3.05) is 5.32 Å². The number of hydrogen-bond donors (Lipinski definition) is 5. The molecule has 3 aliphatic carbocycles. The van der Waals surface area contributed by atoms with Crippen molar-refractivity contribution in [3.8, 4) is 5.75 Å². The van der Waals surface area contributed by atoms with Crippen LogP contribution in [0.25, 0.3) is 5.76 Å². The molecule has 3 aliphatic rings. The number of nitrogens with one attached hydrogen (secondary N) is 2. The second kappa shape index (κ2) is 9.90. The number of Topliss-reactive ketones (excluding diaryl/α,β-unsaturated/α-hetero) is 2. The molecule has 2 aromatic rings. The lowest BCUT2D eigenvalue weighted by atomic mass is 9.61. The number of aryl methyl sites for hydroxylation is 1. The zero-order valence-electron chi connectivity index (χ0n) is 20.4. The summed E-state index contributed by atoms with van der Waals surface area (Å²) >= 11 is 1.56. The third-order valence-corrected chi connectivity index (χ3v) is 8.09. The molecule has 2 aromatic carbocycles. The number of amides is 2. The first kappa shape index (κ1) is 26.0. The van der Waals surface area contributed by atoms with Gasteiger partial charge in [0, 0.05) is 17.7 Å². The fourth-order valence-corrected chi connectivity index (χ4v) is 6.14. The summed E-state index contributed by atoms with van der Waals surface area (Å²) in [5.74, 6) is -5.60. The predicted molar refractivity (Wildman–Crippen MR) is 146 cm³/mol. The Hall–Kier alpha value is -3.67. The van der Waals surface area contributed by atoms with Gasteiger partial charge in [-0.1, -0.05) is 29.8 Å². The first-order chi connectivity index (χ1) is 18.1. The summed E-state index contributed by atoms with van der Waals surface area (Å²) in [7, 11) is 0. The van der Waals surface area contributed by atoms with Crippen LogP contribution in [-0.4, -0.2) is 38.7 Å². The Morgan fingerprint density at radius 1 is 1.03 bits per heavy atom. The number of fused-ring (bicyclic) bond motifs is 3. The highest BCUT2D eigenvalue weighted by Crippen LogP contribution is 2.51. The maximum absolute atomic E-state index is 13.6. The Bertz CT molecular complexity index is 1460. The maximum atomic E-state index is 13.6. The summed E-state index contributed by atoms with van der Waals surface area (Å²) in [6.07, 6.45) is 0.585. The number of ketones is 2. The van der Waals surface area contributed by atoms with Crippen molar-refractivity contribution in [1.29, 1.82) is 0 Å². The Morgan fingerprint density at radius 2 is 1.74 bits per heavy atom. The van der Waals surface area contributed by atoms with Gasteiger partial charge in [-0.25, -0.2) is 0 Å². The molecule has 10 heteroatoms. The minimum Gasteiger partial charge on any atom is -0.511 e. The maximum Gasteiger partial charge on any atom is 0.266 e. The van der Waals surface area contributed by atoms with Gasteiger partial charge in [-0.15, -0.1) is 0 Å². The van der Waals surface area contributed by atoms with Crippen molar-refractivity contribution >= 4 is 57.7 Å². The second-order valence-electron chi connectivity index (χ2n) is 10.0. The highest BCUT2D eigenvalue weighted by molar-refractivity contribution is 14.1. The molecule has 5 rings (SSSR count). The number of benzene rings is 2. The van der Waals surface area contributed by atoms with Gasteiger partial charge in [0.1, 0.15) is 22.8 Å². The molecule has 1 saturated carbocycles. The minimum atomic E-state index is -1.13. The van der Waals surface area contributed by atoms with Gasteiger partial charge in [-0.05, 0) is 54.9 Å². The van der Waals surface area contributed by atoms with Crippen molar-refractivity contribution in [2.45, 2.75) is 32.6 Å². The molecule has 3 atom stereocenters. The summed E-state index contributed by atoms with van der Waals surface area (Å²) in [6, 6.07) is 10.5. The molecule has 0 aromatic heterocycles. The Labute approximate surface area is 232 Å². The Morgan fingerprint density at radius 3 is 2.42 bits per heavy atom. The number of anilines is 1. The summed E-state index contributed by atoms with van der Waals surface area (Å²) in [4.78, 5) is 51.2. The zero-order chi connectivity index (χ0) is 27.3. The SMILES string of the molecule is Cc1ccc(CC(=O)Nc2ccc(O)c3c2CC2CC4CC(=O)C(C(=O)NI)=C(O)C4C(=O)C2=C3O)cc1. The van der Waals surface area contributed by atoms with Crippen LogP contribution in [0.2, 0.25) is 0 Å². The molecular weight excluding hydrogens is 603 g/mol. The van der Waals surface area contributed by atoms with Crippen molar-refractivity contribution in [3.05, 3.63) is 75.6 Å². The quantitative estimate of drug-likeness (QED) is 0.150. The number of aromatic hydroxyl groups is 1. The molecule has 0 bridgehead atoms. The number of halogens is 1. The molecule has 196 valence electrons. The molecule has 1 fully saturated rings. The summed E-state index contributed by atoms with van der Waals surface area (Å²) in [5, 5.41) is 35.5. The lowest BCUT2D eigenvalue weighted by Crippen LogP contribution is -2.44. The van der Waals surface area contributed by atoms with Gasteiger partial charge in [0.15, 0.2) is 11.6 Å². The van der Waals surface area contributed by atoms with Gasteiger partial charge in [0.25, 0.3) is 5.91 Å². The van der Waals surface area contributed by atoms with Gasteiger partial charge in [0.05, 0.1) is 40.8 Å². The molecular formula is C28H25IN2O7. The van der Waals surface area contributed by atoms with Crippen LogP contribution in [-0.2, 0) is 32.0 Å². The molecule has 38 heavy (non-hydrogen) atoms. The van der Waals surface area contributed by atoms with E-state index in [1.165, 1.54) is 6.07 Å².